The van der Waals surface area contributed by atoms with E-state index < -0.39 is 26.0 Å². The summed E-state index contributed by atoms with van der Waals surface area (Å²) in [7, 11) is 0. The van der Waals surface area contributed by atoms with Crippen LogP contribution >= 0.6 is 46.4 Å². The fraction of sp³-hybridized carbons (Fsp3) is 0.750. The Morgan fingerprint density at radius 3 is 1.69 bits per heavy atom. The Balaban J connectivity index is 3.39. The fourth-order valence-corrected chi connectivity index (χ4v) is 3.07. The van der Waals surface area contributed by atoms with E-state index in [1.807, 2.05) is 0 Å². The summed E-state index contributed by atoms with van der Waals surface area (Å²) in [5.41, 5.74) is -2.39. The maximum Gasteiger partial charge on any atom is 0.324 e. The van der Waals surface area contributed by atoms with Crippen molar-refractivity contribution in [3.8, 4) is 0 Å². The van der Waals surface area contributed by atoms with Gasteiger partial charge < -0.3 is 10.2 Å². The molecule has 0 aromatic carbocycles. The van der Waals surface area contributed by atoms with Gasteiger partial charge in [0.25, 0.3) is 0 Å². The Morgan fingerprint density at radius 2 is 1.38 bits per heavy atom. The van der Waals surface area contributed by atoms with Crippen molar-refractivity contribution in [2.45, 2.75) is 27.9 Å². The molecule has 1 fully saturated rings. The number of halogens is 4. The maximum atomic E-state index is 11.2. The smallest absolute Gasteiger partial charge is 0.324 e. The first-order valence-corrected chi connectivity index (χ1v) is 5.83. The minimum absolute atomic E-state index is 0.130. The largest absolute Gasteiger partial charge is 0.480 e. The Hall–Kier alpha value is 0.1000. The van der Waals surface area contributed by atoms with E-state index in [4.69, 9.17) is 56.6 Å². The first-order chi connectivity index (χ1) is 7.09. The van der Waals surface area contributed by atoms with Crippen LogP contribution in [0.15, 0.2) is 0 Å². The highest BCUT2D eigenvalue weighted by Gasteiger charge is 2.71. The van der Waals surface area contributed by atoms with Crippen LogP contribution in [0.2, 0.25) is 0 Å². The van der Waals surface area contributed by atoms with Gasteiger partial charge in [-0.1, -0.05) is 46.4 Å². The Morgan fingerprint density at radius 1 is 0.938 bits per heavy atom. The highest BCUT2D eigenvalue weighted by atomic mass is 35.5. The summed E-state index contributed by atoms with van der Waals surface area (Å²) in [6.07, 6.45) is 0.129. The van der Waals surface area contributed by atoms with E-state index in [0.29, 0.717) is 0 Å². The van der Waals surface area contributed by atoms with Gasteiger partial charge in [-0.15, -0.1) is 0 Å². The maximum absolute atomic E-state index is 11.2. The molecule has 1 aliphatic rings. The van der Waals surface area contributed by atoms with Crippen LogP contribution in [0.4, 0.5) is 0 Å². The molecule has 1 rings (SSSR count). The van der Waals surface area contributed by atoms with Crippen molar-refractivity contribution in [3.63, 3.8) is 0 Å². The van der Waals surface area contributed by atoms with Gasteiger partial charge in [0.05, 0.1) is 0 Å². The zero-order valence-corrected chi connectivity index (χ0v) is 10.9. The molecule has 1 saturated carbocycles. The molecule has 0 unspecified atom stereocenters. The van der Waals surface area contributed by atoms with Crippen LogP contribution in [0, 0.1) is 5.41 Å². The Labute approximate surface area is 111 Å². The van der Waals surface area contributed by atoms with Gasteiger partial charge in [-0.25, -0.2) is 0 Å². The second kappa shape index (κ2) is 4.09. The molecule has 0 aromatic rings. The lowest BCUT2D eigenvalue weighted by Gasteiger charge is -2.46. The van der Waals surface area contributed by atoms with Crippen LogP contribution in [0.3, 0.4) is 0 Å². The predicted molar refractivity (Wildman–Crippen MR) is 60.4 cm³/mol. The second-order valence-corrected chi connectivity index (χ2v) is 6.46. The molecule has 0 saturated heterocycles. The number of carboxylic acids is 2. The normalized spacial score (nSPS) is 26.0. The van der Waals surface area contributed by atoms with E-state index in [2.05, 4.69) is 0 Å². The zero-order valence-electron chi connectivity index (χ0n) is 7.84. The number of rotatable bonds is 2. The molecule has 16 heavy (non-hydrogen) atoms. The predicted octanol–water partition coefficient (Wildman–Crippen LogP) is 2.67. The Bertz CT molecular complexity index is 325. The quantitative estimate of drug-likeness (QED) is 0.607. The van der Waals surface area contributed by atoms with Crippen LogP contribution in [0.5, 0.6) is 0 Å². The fourth-order valence-electron chi connectivity index (χ4n) is 1.78. The third kappa shape index (κ3) is 1.67. The van der Waals surface area contributed by atoms with E-state index in [1.54, 1.807) is 0 Å². The van der Waals surface area contributed by atoms with Crippen molar-refractivity contribution in [3.05, 3.63) is 0 Å². The van der Waals surface area contributed by atoms with E-state index in [9.17, 15) is 9.59 Å². The molecule has 4 nitrogen and oxygen atoms in total. The van der Waals surface area contributed by atoms with Crippen LogP contribution < -0.4 is 0 Å². The van der Waals surface area contributed by atoms with Crippen molar-refractivity contribution < 1.29 is 19.8 Å². The number of hydrogen-bond acceptors (Lipinski definition) is 2. The van der Waals surface area contributed by atoms with Gasteiger partial charge in [-0.05, 0) is 19.3 Å². The Kier molecular flexibility index (Phi) is 3.62. The number of hydrogen-bond donors (Lipinski definition) is 2. The van der Waals surface area contributed by atoms with Crippen LogP contribution in [0.25, 0.3) is 0 Å². The van der Waals surface area contributed by atoms with E-state index in [0.717, 1.165) is 0 Å². The van der Waals surface area contributed by atoms with Crippen LogP contribution in [-0.4, -0.2) is 30.8 Å². The first kappa shape index (κ1) is 14.2. The molecular weight excluding hydrogens is 302 g/mol. The van der Waals surface area contributed by atoms with E-state index in [1.165, 1.54) is 0 Å². The number of carbonyl (C=O) groups is 2. The standard InChI is InChI=1S/C8H8Cl4O4/c9-7(10)3-1-2-6(4(13)14,5(15)16)8(7,11)12/h1-3H2,(H,13,14)(H,15,16). The van der Waals surface area contributed by atoms with Gasteiger partial charge in [0.2, 0.25) is 0 Å². The molecule has 0 radical (unpaired) electrons. The minimum atomic E-state index is -2.39. The lowest BCUT2D eigenvalue weighted by atomic mass is 9.72. The van der Waals surface area contributed by atoms with Gasteiger partial charge in [-0.2, -0.15) is 0 Å². The van der Waals surface area contributed by atoms with Gasteiger partial charge >= 0.3 is 11.9 Å². The van der Waals surface area contributed by atoms with E-state index >= 15 is 0 Å². The first-order valence-electron chi connectivity index (χ1n) is 4.32. The summed E-state index contributed by atoms with van der Waals surface area (Å²) in [4.78, 5) is 22.3. The molecule has 0 aliphatic heterocycles. The average molecular weight is 310 g/mol. The molecule has 0 amide bonds. The molecule has 0 spiro atoms. The SMILES string of the molecule is O=C(O)C1(C(=O)O)CCCC(Cl)(Cl)C1(Cl)Cl. The zero-order chi connectivity index (χ0) is 12.8. The monoisotopic (exact) mass is 308 g/mol. The lowest BCUT2D eigenvalue weighted by Crippen LogP contribution is -2.61. The van der Waals surface area contributed by atoms with Crippen molar-refractivity contribution in [2.75, 3.05) is 0 Å². The third-order valence-corrected chi connectivity index (χ3v) is 5.39. The minimum Gasteiger partial charge on any atom is -0.480 e. The van der Waals surface area contributed by atoms with Crippen molar-refractivity contribution >= 4 is 58.3 Å². The number of carboxylic acid groups (broad SMARTS) is 2. The van der Waals surface area contributed by atoms with Crippen molar-refractivity contribution in [1.29, 1.82) is 0 Å². The molecule has 1 aliphatic carbocycles. The highest BCUT2D eigenvalue weighted by Crippen LogP contribution is 2.61. The topological polar surface area (TPSA) is 74.6 Å². The van der Waals surface area contributed by atoms with Gasteiger partial charge in [0.15, 0.2) is 14.1 Å². The summed E-state index contributed by atoms with van der Waals surface area (Å²) >= 11 is 23.3. The molecule has 2 N–H and O–H groups in total. The highest BCUT2D eigenvalue weighted by molar-refractivity contribution is 6.64. The van der Waals surface area contributed by atoms with Gasteiger partial charge in [-0.3, -0.25) is 9.59 Å². The molecular formula is C8H8Cl4O4. The molecule has 0 aromatic heterocycles. The van der Waals surface area contributed by atoms with Gasteiger partial charge in [0, 0.05) is 0 Å². The summed E-state index contributed by atoms with van der Waals surface area (Å²) in [5.74, 6) is -3.29. The third-order valence-electron chi connectivity index (χ3n) is 2.77. The van der Waals surface area contributed by atoms with Crippen LogP contribution in [-0.2, 0) is 9.59 Å². The summed E-state index contributed by atoms with van der Waals surface area (Å²) in [5, 5.41) is 18.1. The molecule has 92 valence electrons. The average Bonchev–Trinajstić information content (AvgIpc) is 2.08. The molecule has 8 heteroatoms. The van der Waals surface area contributed by atoms with Crippen molar-refractivity contribution in [1.82, 2.24) is 0 Å². The van der Waals surface area contributed by atoms with Crippen LogP contribution in [0.1, 0.15) is 19.3 Å². The lowest BCUT2D eigenvalue weighted by molar-refractivity contribution is -0.168. The van der Waals surface area contributed by atoms with Crippen molar-refractivity contribution in [2.24, 2.45) is 5.41 Å². The van der Waals surface area contributed by atoms with E-state index in [-0.39, 0.29) is 19.3 Å². The van der Waals surface area contributed by atoms with Gasteiger partial charge in [0.1, 0.15) is 0 Å². The number of aliphatic carboxylic acids is 2. The summed E-state index contributed by atoms with van der Waals surface area (Å²) < 4.78 is -4.11. The number of alkyl halides is 4. The summed E-state index contributed by atoms with van der Waals surface area (Å²) in [6, 6.07) is 0. The summed E-state index contributed by atoms with van der Waals surface area (Å²) in [6.45, 7) is 0. The molecule has 0 bridgehead atoms. The molecule has 0 heterocycles. The molecule has 0 atom stereocenters. The second-order valence-electron chi connectivity index (χ2n) is 3.65.